The Labute approximate surface area is 99.5 Å². The zero-order valence-corrected chi connectivity index (χ0v) is 9.86. The lowest BCUT2D eigenvalue weighted by Crippen LogP contribution is -2.15. The highest BCUT2D eigenvalue weighted by molar-refractivity contribution is 6.02. The van der Waals surface area contributed by atoms with Gasteiger partial charge in [0.1, 0.15) is 23.4 Å². The molecule has 1 atom stereocenters. The van der Waals surface area contributed by atoms with Crippen LogP contribution in [-0.4, -0.2) is 24.3 Å². The van der Waals surface area contributed by atoms with E-state index in [4.69, 9.17) is 9.47 Å². The molecule has 1 aliphatic heterocycles. The van der Waals surface area contributed by atoms with Gasteiger partial charge in [0.2, 0.25) is 5.78 Å². The topological polar surface area (TPSA) is 52.6 Å². The molecule has 0 saturated heterocycles. The van der Waals surface area contributed by atoms with Gasteiger partial charge in [-0.1, -0.05) is 0 Å². The minimum atomic E-state index is -0.178. The van der Waals surface area contributed by atoms with Gasteiger partial charge < -0.3 is 9.47 Å². The summed E-state index contributed by atoms with van der Waals surface area (Å²) in [6.45, 7) is 3.47. The van der Waals surface area contributed by atoms with Crippen molar-refractivity contribution < 1.29 is 19.1 Å². The third kappa shape index (κ3) is 2.64. The summed E-state index contributed by atoms with van der Waals surface area (Å²) in [6, 6.07) is 5.11. The van der Waals surface area contributed by atoms with Crippen LogP contribution in [0.5, 0.6) is 11.5 Å². The molecule has 1 heterocycles. The SMILES string of the molecule is CC(=O)CC(C)Oc1ccc2c(c1)OCC2=O. The Balaban J connectivity index is 2.08. The van der Waals surface area contributed by atoms with Crippen LogP contribution in [0.25, 0.3) is 0 Å². The molecule has 2 rings (SSSR count). The van der Waals surface area contributed by atoms with Crippen LogP contribution in [0, 0.1) is 0 Å². The van der Waals surface area contributed by atoms with Gasteiger partial charge in [0.15, 0.2) is 6.61 Å². The molecule has 1 aromatic rings. The van der Waals surface area contributed by atoms with Crippen molar-refractivity contribution in [3.8, 4) is 11.5 Å². The second-order valence-electron chi connectivity index (χ2n) is 4.20. The van der Waals surface area contributed by atoms with Crippen molar-refractivity contribution >= 4 is 11.6 Å². The number of hydrogen-bond acceptors (Lipinski definition) is 4. The summed E-state index contributed by atoms with van der Waals surface area (Å²) < 4.78 is 10.8. The average molecular weight is 234 g/mol. The summed E-state index contributed by atoms with van der Waals surface area (Å²) >= 11 is 0. The zero-order valence-electron chi connectivity index (χ0n) is 9.86. The molecule has 0 fully saturated rings. The van der Waals surface area contributed by atoms with Gasteiger partial charge in [-0.05, 0) is 26.0 Å². The zero-order chi connectivity index (χ0) is 12.4. The molecule has 1 aliphatic rings. The lowest BCUT2D eigenvalue weighted by Gasteiger charge is -2.13. The van der Waals surface area contributed by atoms with E-state index in [0.717, 1.165) is 0 Å². The third-order valence-corrected chi connectivity index (χ3v) is 2.52. The molecular weight excluding hydrogens is 220 g/mol. The van der Waals surface area contributed by atoms with E-state index in [1.807, 2.05) is 6.92 Å². The van der Waals surface area contributed by atoms with E-state index in [9.17, 15) is 9.59 Å². The van der Waals surface area contributed by atoms with Crippen molar-refractivity contribution in [2.45, 2.75) is 26.4 Å². The van der Waals surface area contributed by atoms with Gasteiger partial charge in [0, 0.05) is 12.5 Å². The maximum atomic E-state index is 11.3. The first-order valence-electron chi connectivity index (χ1n) is 5.52. The van der Waals surface area contributed by atoms with Crippen LogP contribution in [0.3, 0.4) is 0 Å². The van der Waals surface area contributed by atoms with Crippen LogP contribution in [0.4, 0.5) is 0 Å². The van der Waals surface area contributed by atoms with Gasteiger partial charge in [0.05, 0.1) is 5.56 Å². The van der Waals surface area contributed by atoms with Gasteiger partial charge >= 0.3 is 0 Å². The monoisotopic (exact) mass is 234 g/mol. The van der Waals surface area contributed by atoms with Crippen LogP contribution in [0.15, 0.2) is 18.2 Å². The van der Waals surface area contributed by atoms with Crippen molar-refractivity contribution in [1.29, 1.82) is 0 Å². The fourth-order valence-corrected chi connectivity index (χ4v) is 1.83. The highest BCUT2D eigenvalue weighted by Crippen LogP contribution is 2.30. The molecule has 1 unspecified atom stereocenters. The quantitative estimate of drug-likeness (QED) is 0.799. The standard InChI is InChI=1S/C13H14O4/c1-8(14)5-9(2)17-10-3-4-11-12(15)7-16-13(11)6-10/h3-4,6,9H,5,7H2,1-2H3. The van der Waals surface area contributed by atoms with Crippen LogP contribution < -0.4 is 9.47 Å². The molecule has 0 N–H and O–H groups in total. The number of benzene rings is 1. The highest BCUT2D eigenvalue weighted by Gasteiger charge is 2.21. The number of ether oxygens (including phenoxy) is 2. The molecule has 90 valence electrons. The maximum absolute atomic E-state index is 11.3. The first-order chi connectivity index (χ1) is 8.06. The largest absolute Gasteiger partial charge is 0.490 e. The number of carbonyl (C=O) groups excluding carboxylic acids is 2. The Hall–Kier alpha value is -1.84. The van der Waals surface area contributed by atoms with Crippen molar-refractivity contribution in [3.63, 3.8) is 0 Å². The summed E-state index contributed by atoms with van der Waals surface area (Å²) in [5, 5.41) is 0. The normalized spacial score (nSPS) is 15.1. The van der Waals surface area contributed by atoms with Crippen LogP contribution in [-0.2, 0) is 4.79 Å². The van der Waals surface area contributed by atoms with Crippen LogP contribution >= 0.6 is 0 Å². The highest BCUT2D eigenvalue weighted by atomic mass is 16.5. The summed E-state index contributed by atoms with van der Waals surface area (Å²) in [7, 11) is 0. The third-order valence-electron chi connectivity index (χ3n) is 2.52. The molecule has 0 amide bonds. The number of ketones is 2. The Kier molecular flexibility index (Phi) is 3.13. The molecule has 0 aromatic heterocycles. The second kappa shape index (κ2) is 4.57. The molecule has 0 spiro atoms. The Morgan fingerprint density at radius 1 is 1.53 bits per heavy atom. The van der Waals surface area contributed by atoms with E-state index in [0.29, 0.717) is 23.5 Å². The second-order valence-corrected chi connectivity index (χ2v) is 4.20. The van der Waals surface area contributed by atoms with Crippen LogP contribution in [0.2, 0.25) is 0 Å². The first kappa shape index (κ1) is 11.6. The van der Waals surface area contributed by atoms with Crippen LogP contribution in [0.1, 0.15) is 30.6 Å². The summed E-state index contributed by atoms with van der Waals surface area (Å²) in [4.78, 5) is 22.3. The summed E-state index contributed by atoms with van der Waals surface area (Å²) in [5.74, 6) is 1.25. The maximum Gasteiger partial charge on any atom is 0.203 e. The van der Waals surface area contributed by atoms with E-state index < -0.39 is 0 Å². The lowest BCUT2D eigenvalue weighted by molar-refractivity contribution is -0.118. The number of rotatable bonds is 4. The Morgan fingerprint density at radius 2 is 2.29 bits per heavy atom. The number of Topliss-reactive ketones (excluding diaryl/α,β-unsaturated/α-hetero) is 2. The smallest absolute Gasteiger partial charge is 0.203 e. The molecule has 0 bridgehead atoms. The van der Waals surface area contributed by atoms with E-state index in [1.54, 1.807) is 18.2 Å². The summed E-state index contributed by atoms with van der Waals surface area (Å²) in [5.41, 5.74) is 0.594. The number of hydrogen-bond donors (Lipinski definition) is 0. The van der Waals surface area contributed by atoms with Gasteiger partial charge in [-0.2, -0.15) is 0 Å². The Bertz CT molecular complexity index is 464. The van der Waals surface area contributed by atoms with E-state index in [2.05, 4.69) is 0 Å². The molecular formula is C13H14O4. The predicted octanol–water partition coefficient (Wildman–Crippen LogP) is 2.01. The summed E-state index contributed by atoms with van der Waals surface area (Å²) in [6.07, 6.45) is 0.194. The van der Waals surface area contributed by atoms with Crippen molar-refractivity contribution in [3.05, 3.63) is 23.8 Å². The Morgan fingerprint density at radius 3 is 3.00 bits per heavy atom. The predicted molar refractivity (Wildman–Crippen MR) is 61.7 cm³/mol. The van der Waals surface area contributed by atoms with Crippen molar-refractivity contribution in [1.82, 2.24) is 0 Å². The first-order valence-corrected chi connectivity index (χ1v) is 5.52. The van der Waals surface area contributed by atoms with Gasteiger partial charge in [-0.15, -0.1) is 0 Å². The van der Waals surface area contributed by atoms with E-state index in [1.165, 1.54) is 6.92 Å². The minimum absolute atomic E-state index is 0.0108. The van der Waals surface area contributed by atoms with Gasteiger partial charge in [0.25, 0.3) is 0 Å². The van der Waals surface area contributed by atoms with Gasteiger partial charge in [-0.25, -0.2) is 0 Å². The van der Waals surface area contributed by atoms with Crippen molar-refractivity contribution in [2.24, 2.45) is 0 Å². The fraction of sp³-hybridized carbons (Fsp3) is 0.385. The van der Waals surface area contributed by atoms with E-state index in [-0.39, 0.29) is 24.3 Å². The molecule has 0 radical (unpaired) electrons. The number of carbonyl (C=O) groups is 2. The molecule has 4 nitrogen and oxygen atoms in total. The molecule has 0 aliphatic carbocycles. The van der Waals surface area contributed by atoms with E-state index >= 15 is 0 Å². The molecule has 17 heavy (non-hydrogen) atoms. The molecule has 0 saturated carbocycles. The molecule has 1 aromatic carbocycles. The average Bonchev–Trinajstić information content (AvgIpc) is 2.58. The molecule has 4 heteroatoms. The van der Waals surface area contributed by atoms with Gasteiger partial charge in [-0.3, -0.25) is 9.59 Å². The fourth-order valence-electron chi connectivity index (χ4n) is 1.83. The lowest BCUT2D eigenvalue weighted by atomic mass is 10.1. The number of fused-ring (bicyclic) bond motifs is 1. The minimum Gasteiger partial charge on any atom is -0.490 e. The van der Waals surface area contributed by atoms with Crippen molar-refractivity contribution in [2.75, 3.05) is 6.61 Å².